The van der Waals surface area contributed by atoms with Crippen LogP contribution in [0.5, 0.6) is 0 Å². The molecule has 8 rings (SSSR count). The third-order valence-electron chi connectivity index (χ3n) is 7.92. The van der Waals surface area contributed by atoms with Crippen LogP contribution in [0.2, 0.25) is 0 Å². The van der Waals surface area contributed by atoms with Gasteiger partial charge in [0, 0.05) is 79.3 Å². The van der Waals surface area contributed by atoms with E-state index in [-0.39, 0.29) is 0 Å². The smallest absolute Gasteiger partial charge is 0.162 e. The topological polar surface area (TPSA) is 113 Å². The molecule has 0 saturated heterocycles. The first-order chi connectivity index (χ1) is 24.6. The van der Waals surface area contributed by atoms with Gasteiger partial charge in [-0.3, -0.25) is 9.97 Å². The van der Waals surface area contributed by atoms with Crippen LogP contribution in [0.15, 0.2) is 140 Å². The van der Waals surface area contributed by atoms with Crippen LogP contribution in [0.1, 0.15) is 16.7 Å². The molecule has 0 saturated carbocycles. The van der Waals surface area contributed by atoms with E-state index in [9.17, 15) is 0 Å². The number of rotatable bonds is 10. The van der Waals surface area contributed by atoms with Gasteiger partial charge in [-0.1, -0.05) is 72.8 Å². The number of nitrogens with one attached hydrogen (secondary N) is 2. The zero-order valence-corrected chi connectivity index (χ0v) is 27.9. The van der Waals surface area contributed by atoms with Gasteiger partial charge in [0.1, 0.15) is 11.6 Å². The molecule has 0 spiro atoms. The average molecular weight is 660 g/mol. The summed E-state index contributed by atoms with van der Waals surface area (Å²) in [7, 11) is 4.10. The fourth-order valence-corrected chi connectivity index (χ4v) is 5.53. The summed E-state index contributed by atoms with van der Waals surface area (Å²) in [5.41, 5.74) is 9.04. The zero-order chi connectivity index (χ0) is 34.1. The maximum Gasteiger partial charge on any atom is 0.162 e. The van der Waals surface area contributed by atoms with Crippen molar-refractivity contribution in [2.75, 3.05) is 24.7 Å². The van der Waals surface area contributed by atoms with Gasteiger partial charge in [0.2, 0.25) is 0 Å². The van der Waals surface area contributed by atoms with Crippen molar-refractivity contribution in [3.05, 3.63) is 157 Å². The molecule has 50 heavy (non-hydrogen) atoms. The van der Waals surface area contributed by atoms with E-state index in [2.05, 4.69) is 71.0 Å². The van der Waals surface area contributed by atoms with Gasteiger partial charge in [0.05, 0.1) is 23.8 Å². The molecule has 2 aromatic carbocycles. The number of hydrogen-bond donors (Lipinski definition) is 2. The highest BCUT2D eigenvalue weighted by Gasteiger charge is 2.14. The molecule has 0 atom stereocenters. The lowest BCUT2D eigenvalue weighted by molar-refractivity contribution is 0.404. The number of pyridine rings is 2. The summed E-state index contributed by atoms with van der Waals surface area (Å²) in [5.74, 6) is 1.82. The molecule has 0 amide bonds. The van der Waals surface area contributed by atoms with Crippen LogP contribution in [0.3, 0.4) is 0 Å². The molecule has 0 aliphatic carbocycles. The molecule has 0 bridgehead atoms. The van der Waals surface area contributed by atoms with E-state index >= 15 is 0 Å². The molecule has 6 aromatic heterocycles. The summed E-state index contributed by atoms with van der Waals surface area (Å²) in [6, 6.07) is 34.3. The summed E-state index contributed by atoms with van der Waals surface area (Å²) in [6.07, 6.45) is 10.9. The van der Waals surface area contributed by atoms with Crippen LogP contribution in [0.25, 0.3) is 33.8 Å². The van der Waals surface area contributed by atoms with Crippen LogP contribution in [-0.2, 0) is 19.6 Å². The first-order valence-electron chi connectivity index (χ1n) is 16.3. The average Bonchev–Trinajstić information content (AvgIpc) is 3.82. The Bertz CT molecular complexity index is 2270. The normalized spacial score (nSPS) is 11.0. The number of fused-ring (bicyclic) bond motifs is 2. The molecule has 0 unspecified atom stereocenters. The fourth-order valence-electron chi connectivity index (χ4n) is 5.53. The van der Waals surface area contributed by atoms with Crippen molar-refractivity contribution in [1.29, 1.82) is 0 Å². The van der Waals surface area contributed by atoms with Gasteiger partial charge in [-0.25, -0.2) is 9.97 Å². The lowest BCUT2D eigenvalue weighted by Crippen LogP contribution is -2.11. The van der Waals surface area contributed by atoms with Crippen LogP contribution in [0, 0.1) is 0 Å². The summed E-state index contributed by atoms with van der Waals surface area (Å²) in [4.78, 5) is 20.0. The SMILES string of the molecule is CN(C)Cc1cnn2c(NCc3cccnc3)cc(-c3ccccc3)nc12.c1ccc(-c2cc(NCc3cccnc3)n3nccc3n2)cc1. The van der Waals surface area contributed by atoms with Crippen molar-refractivity contribution in [1.82, 2.24) is 44.1 Å². The Morgan fingerprint density at radius 3 is 1.72 bits per heavy atom. The van der Waals surface area contributed by atoms with E-state index < -0.39 is 0 Å². The fraction of sp³-hybridized carbons (Fsp3) is 0.128. The van der Waals surface area contributed by atoms with Crippen molar-refractivity contribution in [2.24, 2.45) is 0 Å². The highest BCUT2D eigenvalue weighted by Crippen LogP contribution is 2.25. The maximum atomic E-state index is 4.90. The van der Waals surface area contributed by atoms with E-state index in [0.717, 1.165) is 68.7 Å². The van der Waals surface area contributed by atoms with E-state index in [0.29, 0.717) is 13.1 Å². The number of anilines is 2. The van der Waals surface area contributed by atoms with Gasteiger partial charge in [0.25, 0.3) is 0 Å². The minimum atomic E-state index is 0.671. The molecular formula is C39H37N11. The number of aromatic nitrogens is 8. The number of hydrogen-bond acceptors (Lipinski definition) is 9. The molecule has 0 aliphatic rings. The lowest BCUT2D eigenvalue weighted by atomic mass is 10.1. The highest BCUT2D eigenvalue weighted by molar-refractivity contribution is 5.68. The highest BCUT2D eigenvalue weighted by atomic mass is 15.3. The molecule has 6 heterocycles. The monoisotopic (exact) mass is 659 g/mol. The van der Waals surface area contributed by atoms with E-state index in [1.54, 1.807) is 18.6 Å². The van der Waals surface area contributed by atoms with E-state index in [1.807, 2.05) is 115 Å². The number of benzene rings is 2. The number of nitrogens with zero attached hydrogens (tertiary/aromatic N) is 9. The van der Waals surface area contributed by atoms with Crippen LogP contribution < -0.4 is 10.6 Å². The Kier molecular flexibility index (Phi) is 9.75. The standard InChI is InChI=1S/C21H22N6.C18H15N5/c1-26(2)15-18-14-24-27-20(23-13-16-7-6-10-22-12-16)11-19(25-21(18)27)17-8-4-3-5-9-17;1-2-6-15(7-3-1)16-11-18(23-17(22-16)8-10-21-23)20-13-14-5-4-9-19-12-14/h3-12,14,23H,13,15H2,1-2H3;1-12,20H,13H2. The van der Waals surface area contributed by atoms with Crippen molar-refractivity contribution < 1.29 is 0 Å². The molecule has 0 aliphatic heterocycles. The summed E-state index contributed by atoms with van der Waals surface area (Å²) in [6.45, 7) is 2.14. The molecule has 248 valence electrons. The third-order valence-corrected chi connectivity index (χ3v) is 7.92. The van der Waals surface area contributed by atoms with Crippen molar-refractivity contribution >= 4 is 22.9 Å². The van der Waals surface area contributed by atoms with Gasteiger partial charge in [-0.15, -0.1) is 0 Å². The Hall–Kier alpha value is -6.46. The molecule has 0 fully saturated rings. The second-order valence-electron chi connectivity index (χ2n) is 12.0. The van der Waals surface area contributed by atoms with Gasteiger partial charge >= 0.3 is 0 Å². The molecule has 11 heteroatoms. The Labute approximate surface area is 290 Å². The summed E-state index contributed by atoms with van der Waals surface area (Å²) in [5, 5.41) is 15.8. The second kappa shape index (κ2) is 15.2. The van der Waals surface area contributed by atoms with Crippen LogP contribution in [-0.4, -0.2) is 58.2 Å². The van der Waals surface area contributed by atoms with Crippen LogP contribution in [0.4, 0.5) is 11.6 Å². The summed E-state index contributed by atoms with van der Waals surface area (Å²) < 4.78 is 3.68. The lowest BCUT2D eigenvalue weighted by Gasteiger charge is -2.12. The molecule has 0 radical (unpaired) electrons. The minimum Gasteiger partial charge on any atom is -0.366 e. The van der Waals surface area contributed by atoms with Crippen molar-refractivity contribution in [3.63, 3.8) is 0 Å². The molecule has 2 N–H and O–H groups in total. The zero-order valence-electron chi connectivity index (χ0n) is 27.9. The largest absolute Gasteiger partial charge is 0.366 e. The predicted octanol–water partition coefficient (Wildman–Crippen LogP) is 6.87. The Morgan fingerprint density at radius 1 is 0.580 bits per heavy atom. The van der Waals surface area contributed by atoms with Crippen molar-refractivity contribution in [2.45, 2.75) is 19.6 Å². The van der Waals surface area contributed by atoms with Gasteiger partial charge < -0.3 is 15.5 Å². The first-order valence-corrected chi connectivity index (χ1v) is 16.3. The quantitative estimate of drug-likeness (QED) is 0.162. The van der Waals surface area contributed by atoms with E-state index in [4.69, 9.17) is 4.98 Å². The van der Waals surface area contributed by atoms with Gasteiger partial charge in [0.15, 0.2) is 11.3 Å². The molecular weight excluding hydrogens is 623 g/mol. The Balaban J connectivity index is 0.000000159. The van der Waals surface area contributed by atoms with Gasteiger partial charge in [-0.05, 0) is 37.4 Å². The molecule has 8 aromatic rings. The van der Waals surface area contributed by atoms with Crippen molar-refractivity contribution in [3.8, 4) is 22.5 Å². The maximum absolute atomic E-state index is 4.90. The second-order valence-corrected chi connectivity index (χ2v) is 12.0. The van der Waals surface area contributed by atoms with Gasteiger partial charge in [-0.2, -0.15) is 19.2 Å². The van der Waals surface area contributed by atoms with E-state index in [1.165, 1.54) is 0 Å². The van der Waals surface area contributed by atoms with Crippen LogP contribution >= 0.6 is 0 Å². The Morgan fingerprint density at radius 2 is 1.16 bits per heavy atom. The summed E-state index contributed by atoms with van der Waals surface area (Å²) >= 11 is 0. The predicted molar refractivity (Wildman–Crippen MR) is 197 cm³/mol. The third kappa shape index (κ3) is 7.64. The minimum absolute atomic E-state index is 0.671. The molecule has 11 nitrogen and oxygen atoms in total. The first kappa shape index (κ1) is 32.1.